The molecule has 1 atom stereocenters. The maximum atomic E-state index is 12.4. The van der Waals surface area contributed by atoms with Gasteiger partial charge in [-0.25, -0.2) is 0 Å². The normalized spacial score (nSPS) is 12.2. The quantitative estimate of drug-likeness (QED) is 0.305. The standard InChI is InChI=1S/C19H15Cl3N4OS/c20-19(21,22)17(25-16(27)13-6-2-1-3-7-13)26-18(28)24-14-10-4-8-12-9-5-11-23-15(12)14/h1-11,17H,(H,25,27)(H2,24,26,28). The lowest BCUT2D eigenvalue weighted by Gasteiger charge is -2.28. The topological polar surface area (TPSA) is 66.1 Å². The molecule has 0 saturated heterocycles. The molecule has 0 fully saturated rings. The van der Waals surface area contributed by atoms with Crippen molar-refractivity contribution >= 4 is 74.6 Å². The van der Waals surface area contributed by atoms with Gasteiger partial charge in [0.25, 0.3) is 5.91 Å². The van der Waals surface area contributed by atoms with Crippen LogP contribution in [0.5, 0.6) is 0 Å². The van der Waals surface area contributed by atoms with E-state index in [2.05, 4.69) is 20.9 Å². The molecule has 5 nitrogen and oxygen atoms in total. The van der Waals surface area contributed by atoms with Gasteiger partial charge in [-0.3, -0.25) is 9.78 Å². The predicted molar refractivity (Wildman–Crippen MR) is 119 cm³/mol. The molecule has 3 rings (SSSR count). The highest BCUT2D eigenvalue weighted by Gasteiger charge is 2.34. The van der Waals surface area contributed by atoms with E-state index in [1.54, 1.807) is 36.5 Å². The van der Waals surface area contributed by atoms with Gasteiger partial charge in [0.15, 0.2) is 5.11 Å². The van der Waals surface area contributed by atoms with Crippen molar-refractivity contribution in [2.75, 3.05) is 5.32 Å². The number of benzene rings is 2. The van der Waals surface area contributed by atoms with Gasteiger partial charge < -0.3 is 16.0 Å². The number of para-hydroxylation sites is 1. The van der Waals surface area contributed by atoms with E-state index in [0.29, 0.717) is 11.3 Å². The Bertz CT molecular complexity index is 990. The van der Waals surface area contributed by atoms with E-state index in [9.17, 15) is 4.79 Å². The van der Waals surface area contributed by atoms with Crippen LogP contribution in [0.15, 0.2) is 66.9 Å². The number of carbonyl (C=O) groups excluding carboxylic acids is 1. The van der Waals surface area contributed by atoms with Gasteiger partial charge in [-0.15, -0.1) is 0 Å². The van der Waals surface area contributed by atoms with Gasteiger partial charge in [-0.2, -0.15) is 0 Å². The number of alkyl halides is 3. The molecule has 144 valence electrons. The fourth-order valence-corrected chi connectivity index (χ4v) is 3.05. The van der Waals surface area contributed by atoms with Crippen LogP contribution in [0.3, 0.4) is 0 Å². The fraction of sp³-hybridized carbons (Fsp3) is 0.105. The average molecular weight is 454 g/mol. The van der Waals surface area contributed by atoms with Crippen LogP contribution >= 0.6 is 47.0 Å². The molecule has 1 unspecified atom stereocenters. The molecule has 0 bridgehead atoms. The number of hydrogen-bond donors (Lipinski definition) is 3. The van der Waals surface area contributed by atoms with Gasteiger partial charge in [0.1, 0.15) is 6.17 Å². The number of carbonyl (C=O) groups is 1. The number of aromatic nitrogens is 1. The Morgan fingerprint density at radius 1 is 0.964 bits per heavy atom. The molecule has 2 aromatic carbocycles. The molecule has 0 saturated carbocycles. The molecule has 0 radical (unpaired) electrons. The van der Waals surface area contributed by atoms with Crippen LogP contribution in [-0.2, 0) is 0 Å². The second-order valence-corrected chi connectivity index (χ2v) is 8.57. The van der Waals surface area contributed by atoms with Crippen LogP contribution in [0.4, 0.5) is 5.69 Å². The monoisotopic (exact) mass is 452 g/mol. The van der Waals surface area contributed by atoms with Crippen LogP contribution in [0.1, 0.15) is 10.4 Å². The minimum absolute atomic E-state index is 0.169. The summed E-state index contributed by atoms with van der Waals surface area (Å²) in [5.41, 5.74) is 1.86. The number of pyridine rings is 1. The first-order valence-electron chi connectivity index (χ1n) is 8.18. The van der Waals surface area contributed by atoms with Gasteiger partial charge in [0.05, 0.1) is 11.2 Å². The van der Waals surface area contributed by atoms with E-state index in [-0.39, 0.29) is 5.11 Å². The van der Waals surface area contributed by atoms with Crippen molar-refractivity contribution in [2.45, 2.75) is 9.96 Å². The van der Waals surface area contributed by atoms with E-state index >= 15 is 0 Å². The minimum atomic E-state index is -1.84. The summed E-state index contributed by atoms with van der Waals surface area (Å²) in [7, 11) is 0. The molecular formula is C19H15Cl3N4OS. The maximum absolute atomic E-state index is 12.4. The summed E-state index contributed by atoms with van der Waals surface area (Å²) in [6.45, 7) is 0. The molecule has 0 spiro atoms. The number of fused-ring (bicyclic) bond motifs is 1. The molecule has 0 aliphatic rings. The molecule has 3 aromatic rings. The molecule has 1 amide bonds. The minimum Gasteiger partial charge on any atom is -0.339 e. The summed E-state index contributed by atoms with van der Waals surface area (Å²) >= 11 is 23.4. The third kappa shape index (κ3) is 5.23. The zero-order valence-corrected chi connectivity index (χ0v) is 17.4. The second kappa shape index (κ2) is 8.92. The number of halogens is 3. The molecule has 9 heteroatoms. The largest absolute Gasteiger partial charge is 0.339 e. The van der Waals surface area contributed by atoms with E-state index < -0.39 is 15.9 Å². The van der Waals surface area contributed by atoms with E-state index in [0.717, 1.165) is 10.9 Å². The second-order valence-electron chi connectivity index (χ2n) is 5.79. The molecular weight excluding hydrogens is 439 g/mol. The molecule has 1 aromatic heterocycles. The van der Waals surface area contributed by atoms with Crippen LogP contribution in [-0.4, -0.2) is 26.0 Å². The van der Waals surface area contributed by atoms with Crippen LogP contribution in [0, 0.1) is 0 Å². The highest BCUT2D eigenvalue weighted by atomic mass is 35.6. The number of hydrogen-bond acceptors (Lipinski definition) is 3. The zero-order valence-electron chi connectivity index (χ0n) is 14.3. The van der Waals surface area contributed by atoms with Crippen molar-refractivity contribution in [3.05, 3.63) is 72.4 Å². The van der Waals surface area contributed by atoms with Crippen LogP contribution < -0.4 is 16.0 Å². The molecule has 0 aliphatic heterocycles. The smallest absolute Gasteiger partial charge is 0.252 e. The third-order valence-electron chi connectivity index (χ3n) is 3.80. The lowest BCUT2D eigenvalue weighted by Crippen LogP contribution is -2.56. The lowest BCUT2D eigenvalue weighted by molar-refractivity contribution is 0.0934. The van der Waals surface area contributed by atoms with Gasteiger partial charge in [-0.1, -0.05) is 71.2 Å². The third-order valence-corrected chi connectivity index (χ3v) is 4.67. The highest BCUT2D eigenvalue weighted by Crippen LogP contribution is 2.29. The number of nitrogens with zero attached hydrogens (tertiary/aromatic N) is 1. The Morgan fingerprint density at radius 3 is 2.39 bits per heavy atom. The van der Waals surface area contributed by atoms with Gasteiger partial charge in [0, 0.05) is 17.1 Å². The molecule has 28 heavy (non-hydrogen) atoms. The summed E-state index contributed by atoms with van der Waals surface area (Å²) in [5.74, 6) is -0.404. The Morgan fingerprint density at radius 2 is 1.68 bits per heavy atom. The molecule has 1 heterocycles. The average Bonchev–Trinajstić information content (AvgIpc) is 2.67. The van der Waals surface area contributed by atoms with Crippen molar-refractivity contribution in [2.24, 2.45) is 0 Å². The number of thiocarbonyl (C=S) groups is 1. The lowest BCUT2D eigenvalue weighted by atomic mass is 10.2. The van der Waals surface area contributed by atoms with Crippen molar-refractivity contribution < 1.29 is 4.79 Å². The Labute approximate surface area is 182 Å². The van der Waals surface area contributed by atoms with E-state index in [1.807, 2.05) is 30.3 Å². The predicted octanol–water partition coefficient (Wildman–Crippen LogP) is 4.65. The first kappa shape index (κ1) is 20.6. The Hall–Kier alpha value is -2.12. The summed E-state index contributed by atoms with van der Waals surface area (Å²) in [6.07, 6.45) is 0.627. The van der Waals surface area contributed by atoms with Crippen LogP contribution in [0.2, 0.25) is 0 Å². The van der Waals surface area contributed by atoms with Gasteiger partial charge in [0.2, 0.25) is 3.79 Å². The maximum Gasteiger partial charge on any atom is 0.252 e. The SMILES string of the molecule is O=C(NC(NC(=S)Nc1cccc2cccnc12)C(Cl)(Cl)Cl)c1ccccc1. The molecule has 3 N–H and O–H groups in total. The van der Waals surface area contributed by atoms with Crippen molar-refractivity contribution in [3.63, 3.8) is 0 Å². The number of anilines is 1. The summed E-state index contributed by atoms with van der Waals surface area (Å²) in [6, 6.07) is 18.0. The van der Waals surface area contributed by atoms with Crippen molar-refractivity contribution in [3.8, 4) is 0 Å². The van der Waals surface area contributed by atoms with E-state index in [4.69, 9.17) is 47.0 Å². The van der Waals surface area contributed by atoms with Crippen molar-refractivity contribution in [1.29, 1.82) is 0 Å². The van der Waals surface area contributed by atoms with Crippen LogP contribution in [0.25, 0.3) is 10.9 Å². The van der Waals surface area contributed by atoms with Gasteiger partial charge >= 0.3 is 0 Å². The summed E-state index contributed by atoms with van der Waals surface area (Å²) in [4.78, 5) is 16.8. The van der Waals surface area contributed by atoms with Crippen molar-refractivity contribution in [1.82, 2.24) is 15.6 Å². The highest BCUT2D eigenvalue weighted by molar-refractivity contribution is 7.80. The summed E-state index contributed by atoms with van der Waals surface area (Å²) in [5, 5.41) is 9.62. The fourth-order valence-electron chi connectivity index (χ4n) is 2.50. The van der Waals surface area contributed by atoms with Gasteiger partial charge in [-0.05, 0) is 36.5 Å². The summed E-state index contributed by atoms with van der Waals surface area (Å²) < 4.78 is -1.84. The Balaban J connectivity index is 1.74. The Kier molecular flexibility index (Phi) is 6.57. The number of nitrogens with one attached hydrogen (secondary N) is 3. The zero-order chi connectivity index (χ0) is 20.1. The number of rotatable bonds is 4. The first-order valence-corrected chi connectivity index (χ1v) is 9.73. The molecule has 0 aliphatic carbocycles. The van der Waals surface area contributed by atoms with E-state index in [1.165, 1.54) is 0 Å². The number of amides is 1. The first-order chi connectivity index (χ1) is 13.3.